The van der Waals surface area contributed by atoms with Gasteiger partial charge in [-0.05, 0) is 32.2 Å². The minimum absolute atomic E-state index is 0.134. The summed E-state index contributed by atoms with van der Waals surface area (Å²) < 4.78 is 7.48. The smallest absolute Gasteiger partial charge is 0.191 e. The van der Waals surface area contributed by atoms with Crippen LogP contribution >= 0.6 is 23.1 Å². The number of thiophene rings is 1. The number of ether oxygens (including phenoxy) is 1. The number of thioether (sulfide) groups is 1. The van der Waals surface area contributed by atoms with Crippen LogP contribution in [0.3, 0.4) is 0 Å². The Labute approximate surface area is 133 Å². The molecule has 0 fully saturated rings. The van der Waals surface area contributed by atoms with Crippen molar-refractivity contribution in [3.05, 3.63) is 17.5 Å². The monoisotopic (exact) mass is 327 g/mol. The van der Waals surface area contributed by atoms with E-state index in [9.17, 15) is 5.11 Å². The van der Waals surface area contributed by atoms with Gasteiger partial charge in [0.15, 0.2) is 11.0 Å². The highest BCUT2D eigenvalue weighted by molar-refractivity contribution is 7.99. The molecule has 0 radical (unpaired) electrons. The predicted octanol–water partition coefficient (Wildman–Crippen LogP) is 2.90. The Hall–Kier alpha value is -0.890. The van der Waals surface area contributed by atoms with Crippen molar-refractivity contribution >= 4 is 23.1 Å². The van der Waals surface area contributed by atoms with E-state index >= 15 is 0 Å². The molecule has 21 heavy (non-hydrogen) atoms. The Morgan fingerprint density at radius 2 is 2.24 bits per heavy atom. The molecule has 0 spiro atoms. The molecule has 2 aromatic heterocycles. The Morgan fingerprint density at radius 1 is 1.43 bits per heavy atom. The fourth-order valence-electron chi connectivity index (χ4n) is 1.79. The molecular weight excluding hydrogens is 306 g/mol. The topological polar surface area (TPSA) is 60.2 Å². The molecule has 0 aliphatic carbocycles. The molecule has 116 valence electrons. The fourth-order valence-corrected chi connectivity index (χ4v) is 3.42. The first-order valence-electron chi connectivity index (χ1n) is 7.01. The summed E-state index contributed by atoms with van der Waals surface area (Å²) in [7, 11) is 0. The molecule has 2 aromatic rings. The molecule has 0 aliphatic rings. The second-order valence-corrected chi connectivity index (χ2v) is 6.81. The van der Waals surface area contributed by atoms with Crippen LogP contribution in [0.5, 0.6) is 0 Å². The van der Waals surface area contributed by atoms with E-state index in [0.717, 1.165) is 22.4 Å². The highest BCUT2D eigenvalue weighted by atomic mass is 32.2. The van der Waals surface area contributed by atoms with Gasteiger partial charge in [0.1, 0.15) is 0 Å². The highest BCUT2D eigenvalue weighted by Crippen LogP contribution is 2.27. The van der Waals surface area contributed by atoms with Crippen LogP contribution in [0.15, 0.2) is 22.7 Å². The number of rotatable bonds is 8. The molecule has 0 saturated heterocycles. The second kappa shape index (κ2) is 7.93. The fraction of sp³-hybridized carbons (Fsp3) is 0.571. The van der Waals surface area contributed by atoms with Gasteiger partial charge in [0.05, 0.1) is 23.7 Å². The van der Waals surface area contributed by atoms with Crippen molar-refractivity contribution in [1.82, 2.24) is 14.8 Å². The Bertz CT molecular complexity index is 540. The number of aliphatic hydroxyl groups is 1. The van der Waals surface area contributed by atoms with E-state index in [1.807, 2.05) is 31.4 Å². The minimum atomic E-state index is -0.496. The largest absolute Gasteiger partial charge is 0.390 e. The first kappa shape index (κ1) is 16.5. The molecule has 1 unspecified atom stereocenters. The van der Waals surface area contributed by atoms with E-state index in [-0.39, 0.29) is 6.10 Å². The lowest BCUT2D eigenvalue weighted by molar-refractivity contribution is 0.0152. The Kier molecular flexibility index (Phi) is 6.22. The summed E-state index contributed by atoms with van der Waals surface area (Å²) in [6.07, 6.45) is -0.362. The summed E-state index contributed by atoms with van der Waals surface area (Å²) in [6.45, 7) is 7.15. The molecule has 0 saturated carbocycles. The average molecular weight is 327 g/mol. The van der Waals surface area contributed by atoms with Crippen molar-refractivity contribution < 1.29 is 9.84 Å². The summed E-state index contributed by atoms with van der Waals surface area (Å²) in [5.41, 5.74) is 0. The van der Waals surface area contributed by atoms with Gasteiger partial charge in [-0.25, -0.2) is 0 Å². The van der Waals surface area contributed by atoms with E-state index in [1.54, 1.807) is 11.3 Å². The molecule has 2 rings (SSSR count). The molecule has 1 atom stereocenters. The van der Waals surface area contributed by atoms with E-state index in [0.29, 0.717) is 12.4 Å². The number of aromatic nitrogens is 3. The molecule has 7 heteroatoms. The molecular formula is C14H21N3O2S2. The van der Waals surface area contributed by atoms with Crippen molar-refractivity contribution in [2.45, 2.75) is 44.7 Å². The van der Waals surface area contributed by atoms with Gasteiger partial charge in [0.25, 0.3) is 0 Å². The third-order valence-electron chi connectivity index (χ3n) is 2.80. The number of aliphatic hydroxyl groups excluding tert-OH is 1. The second-order valence-electron chi connectivity index (χ2n) is 4.87. The molecule has 0 aromatic carbocycles. The first-order chi connectivity index (χ1) is 10.1. The van der Waals surface area contributed by atoms with Crippen LogP contribution in [0.2, 0.25) is 0 Å². The summed E-state index contributed by atoms with van der Waals surface area (Å²) in [4.78, 5) is 1.11. The zero-order chi connectivity index (χ0) is 15.2. The summed E-state index contributed by atoms with van der Waals surface area (Å²) in [5.74, 6) is 1.44. The zero-order valence-corrected chi connectivity index (χ0v) is 14.2. The highest BCUT2D eigenvalue weighted by Gasteiger charge is 2.15. The van der Waals surface area contributed by atoms with Gasteiger partial charge in [-0.15, -0.1) is 21.5 Å². The minimum Gasteiger partial charge on any atom is -0.390 e. The Balaban J connectivity index is 1.98. The lowest BCUT2D eigenvalue weighted by Crippen LogP contribution is -2.20. The maximum atomic E-state index is 9.91. The van der Waals surface area contributed by atoms with Crippen molar-refractivity contribution in [2.75, 3.05) is 12.4 Å². The number of hydrogen-bond donors (Lipinski definition) is 1. The van der Waals surface area contributed by atoms with Gasteiger partial charge in [0, 0.05) is 12.3 Å². The van der Waals surface area contributed by atoms with Crippen LogP contribution in [0.1, 0.15) is 20.8 Å². The van der Waals surface area contributed by atoms with Crippen LogP contribution in [0, 0.1) is 0 Å². The normalized spacial score (nSPS) is 13.0. The summed E-state index contributed by atoms with van der Waals surface area (Å²) >= 11 is 3.17. The van der Waals surface area contributed by atoms with E-state index < -0.39 is 6.10 Å². The molecule has 5 nitrogen and oxygen atoms in total. The van der Waals surface area contributed by atoms with Gasteiger partial charge in [-0.2, -0.15) is 0 Å². The van der Waals surface area contributed by atoms with Gasteiger partial charge in [-0.3, -0.25) is 0 Å². The Morgan fingerprint density at radius 3 is 2.86 bits per heavy atom. The van der Waals surface area contributed by atoms with Gasteiger partial charge in [-0.1, -0.05) is 17.8 Å². The van der Waals surface area contributed by atoms with Gasteiger partial charge >= 0.3 is 0 Å². The first-order valence-corrected chi connectivity index (χ1v) is 8.87. The standard InChI is InChI=1S/C14H21N3O2S2/c1-4-17-13(12-6-5-7-20-12)15-16-14(17)21-9-11(18)8-19-10(2)3/h5-7,10-11,18H,4,8-9H2,1-3H3. The van der Waals surface area contributed by atoms with Crippen molar-refractivity contribution in [1.29, 1.82) is 0 Å². The lowest BCUT2D eigenvalue weighted by atomic mass is 10.4. The molecule has 0 amide bonds. The van der Waals surface area contributed by atoms with Crippen LogP contribution in [-0.4, -0.2) is 44.4 Å². The SMILES string of the molecule is CCn1c(SCC(O)COC(C)C)nnc1-c1cccs1. The molecule has 2 heterocycles. The van der Waals surface area contributed by atoms with Gasteiger partial charge < -0.3 is 14.4 Å². The molecule has 1 N–H and O–H groups in total. The number of hydrogen-bond acceptors (Lipinski definition) is 6. The van der Waals surface area contributed by atoms with Crippen molar-refractivity contribution in [3.63, 3.8) is 0 Å². The van der Waals surface area contributed by atoms with Crippen LogP contribution < -0.4 is 0 Å². The maximum Gasteiger partial charge on any atom is 0.191 e. The van der Waals surface area contributed by atoms with Crippen molar-refractivity contribution in [2.24, 2.45) is 0 Å². The van der Waals surface area contributed by atoms with Crippen molar-refractivity contribution in [3.8, 4) is 10.7 Å². The average Bonchev–Trinajstić information content (AvgIpc) is 3.10. The van der Waals surface area contributed by atoms with Crippen LogP contribution in [-0.2, 0) is 11.3 Å². The third kappa shape index (κ3) is 4.54. The van der Waals surface area contributed by atoms with Crippen LogP contribution in [0.25, 0.3) is 10.7 Å². The lowest BCUT2D eigenvalue weighted by Gasteiger charge is -2.13. The maximum absolute atomic E-state index is 9.91. The molecule has 0 bridgehead atoms. The van der Waals surface area contributed by atoms with Crippen LogP contribution in [0.4, 0.5) is 0 Å². The predicted molar refractivity (Wildman–Crippen MR) is 86.8 cm³/mol. The molecule has 0 aliphatic heterocycles. The van der Waals surface area contributed by atoms with Gasteiger partial charge in [0.2, 0.25) is 0 Å². The van der Waals surface area contributed by atoms with E-state index in [1.165, 1.54) is 11.8 Å². The zero-order valence-electron chi connectivity index (χ0n) is 12.5. The summed E-state index contributed by atoms with van der Waals surface area (Å²) in [5, 5.41) is 21.3. The summed E-state index contributed by atoms with van der Waals surface area (Å²) in [6, 6.07) is 4.05. The number of nitrogens with zero attached hydrogens (tertiary/aromatic N) is 3. The van der Waals surface area contributed by atoms with E-state index in [4.69, 9.17) is 4.74 Å². The third-order valence-corrected chi connectivity index (χ3v) is 4.78. The quantitative estimate of drug-likeness (QED) is 0.756. The van der Waals surface area contributed by atoms with E-state index in [2.05, 4.69) is 21.7 Å².